The zero-order valence-corrected chi connectivity index (χ0v) is 14.7. The summed E-state index contributed by atoms with van der Waals surface area (Å²) in [4.78, 5) is 11.2. The number of esters is 1. The lowest BCUT2D eigenvalue weighted by atomic mass is 10.4. The molecule has 0 atom stereocenters. The molecule has 0 aromatic carbocycles. The number of rotatable bonds is 19. The molecule has 0 saturated heterocycles. The Kier molecular flexibility index (Phi) is 19.6. The standard InChI is InChI=1S/C16H32O8/c1-2-3-5-24-16(18)15-23-14-13-22-12-11-21-10-9-20-8-7-19-6-4-17/h17H,2-15H2,1H3. The second-order valence-corrected chi connectivity index (χ2v) is 4.80. The molecule has 8 heteroatoms. The van der Waals surface area contributed by atoms with Crippen LogP contribution < -0.4 is 0 Å². The molecule has 0 rings (SSSR count). The smallest absolute Gasteiger partial charge is 0.332 e. The first-order valence-electron chi connectivity index (χ1n) is 8.46. The highest BCUT2D eigenvalue weighted by Gasteiger charge is 2.01. The largest absolute Gasteiger partial charge is 0.464 e. The quantitative estimate of drug-likeness (QED) is 0.264. The van der Waals surface area contributed by atoms with Crippen molar-refractivity contribution >= 4 is 5.97 Å². The SMILES string of the molecule is CCCCOC(=O)COCCOCCOCCOCCOCCO. The van der Waals surface area contributed by atoms with E-state index in [1.165, 1.54) is 0 Å². The zero-order valence-electron chi connectivity index (χ0n) is 14.7. The minimum atomic E-state index is -0.339. The lowest BCUT2D eigenvalue weighted by molar-refractivity contribution is -0.149. The third-order valence-electron chi connectivity index (χ3n) is 2.70. The van der Waals surface area contributed by atoms with E-state index in [0.29, 0.717) is 66.1 Å². The summed E-state index contributed by atoms with van der Waals surface area (Å²) in [6, 6.07) is 0. The van der Waals surface area contributed by atoms with Crippen LogP contribution in [0.2, 0.25) is 0 Å². The molecule has 0 aromatic rings. The molecule has 0 saturated carbocycles. The molecule has 0 spiro atoms. The summed E-state index contributed by atoms with van der Waals surface area (Å²) in [6.45, 7) is 6.43. The van der Waals surface area contributed by atoms with Crippen LogP contribution in [0.3, 0.4) is 0 Å². The van der Waals surface area contributed by atoms with Crippen LogP contribution in [0.4, 0.5) is 0 Å². The molecule has 0 fully saturated rings. The second kappa shape index (κ2) is 20.3. The van der Waals surface area contributed by atoms with Crippen LogP contribution in [0.1, 0.15) is 19.8 Å². The fourth-order valence-electron chi connectivity index (χ4n) is 1.47. The highest BCUT2D eigenvalue weighted by Crippen LogP contribution is 1.90. The molecular weight excluding hydrogens is 320 g/mol. The first kappa shape index (κ1) is 23.2. The van der Waals surface area contributed by atoms with Gasteiger partial charge in [-0.3, -0.25) is 0 Å². The summed E-state index contributed by atoms with van der Waals surface area (Å²) in [7, 11) is 0. The van der Waals surface area contributed by atoms with E-state index in [2.05, 4.69) is 0 Å². The molecule has 0 heterocycles. The van der Waals surface area contributed by atoms with E-state index in [9.17, 15) is 4.79 Å². The lowest BCUT2D eigenvalue weighted by Gasteiger charge is -2.08. The molecule has 0 aliphatic heterocycles. The molecule has 0 aromatic heterocycles. The van der Waals surface area contributed by atoms with Gasteiger partial charge in [-0.1, -0.05) is 13.3 Å². The molecule has 0 aliphatic rings. The van der Waals surface area contributed by atoms with Gasteiger partial charge in [0.25, 0.3) is 0 Å². The highest BCUT2D eigenvalue weighted by atomic mass is 16.6. The Bertz CT molecular complexity index is 262. The molecule has 0 amide bonds. The Morgan fingerprint density at radius 2 is 1.17 bits per heavy atom. The third-order valence-corrected chi connectivity index (χ3v) is 2.70. The van der Waals surface area contributed by atoms with Crippen molar-refractivity contribution in [3.63, 3.8) is 0 Å². The van der Waals surface area contributed by atoms with Crippen LogP contribution in [0.15, 0.2) is 0 Å². The van der Waals surface area contributed by atoms with Crippen molar-refractivity contribution in [2.45, 2.75) is 19.8 Å². The highest BCUT2D eigenvalue weighted by molar-refractivity contribution is 5.70. The molecule has 0 radical (unpaired) electrons. The number of aliphatic hydroxyl groups is 1. The molecule has 8 nitrogen and oxygen atoms in total. The van der Waals surface area contributed by atoms with E-state index in [1.54, 1.807) is 0 Å². The van der Waals surface area contributed by atoms with E-state index in [0.717, 1.165) is 12.8 Å². The molecule has 1 N–H and O–H groups in total. The van der Waals surface area contributed by atoms with Crippen LogP contribution >= 0.6 is 0 Å². The number of aliphatic hydroxyl groups excluding tert-OH is 1. The van der Waals surface area contributed by atoms with Gasteiger partial charge in [-0.25, -0.2) is 4.79 Å². The minimum absolute atomic E-state index is 0.0250. The van der Waals surface area contributed by atoms with Crippen LogP contribution in [0, 0.1) is 0 Å². The molecule has 144 valence electrons. The zero-order chi connectivity index (χ0) is 17.7. The van der Waals surface area contributed by atoms with E-state index in [-0.39, 0.29) is 19.2 Å². The van der Waals surface area contributed by atoms with E-state index < -0.39 is 0 Å². The lowest BCUT2D eigenvalue weighted by Crippen LogP contribution is -2.17. The number of unbranched alkanes of at least 4 members (excludes halogenated alkanes) is 1. The molecule has 0 aliphatic carbocycles. The first-order chi connectivity index (χ1) is 11.8. The van der Waals surface area contributed by atoms with Crippen LogP contribution in [-0.4, -0.2) is 90.4 Å². The Balaban J connectivity index is 3.06. The van der Waals surface area contributed by atoms with Gasteiger partial charge in [-0.15, -0.1) is 0 Å². The number of ether oxygens (including phenoxy) is 6. The third kappa shape index (κ3) is 19.3. The maximum Gasteiger partial charge on any atom is 0.332 e. The van der Waals surface area contributed by atoms with Crippen LogP contribution in [0.25, 0.3) is 0 Å². The monoisotopic (exact) mass is 352 g/mol. The fourth-order valence-corrected chi connectivity index (χ4v) is 1.47. The van der Waals surface area contributed by atoms with Crippen molar-refractivity contribution in [3.8, 4) is 0 Å². The average Bonchev–Trinajstić information content (AvgIpc) is 2.58. The maximum atomic E-state index is 11.2. The fraction of sp³-hybridized carbons (Fsp3) is 0.938. The van der Waals surface area contributed by atoms with Crippen LogP contribution in [-0.2, 0) is 33.2 Å². The number of hydrogen-bond acceptors (Lipinski definition) is 8. The predicted octanol–water partition coefficient (Wildman–Crippen LogP) is 0.405. The van der Waals surface area contributed by atoms with Crippen molar-refractivity contribution in [3.05, 3.63) is 0 Å². The van der Waals surface area contributed by atoms with Gasteiger partial charge in [-0.2, -0.15) is 0 Å². The molecule has 24 heavy (non-hydrogen) atoms. The normalized spacial score (nSPS) is 10.9. The minimum Gasteiger partial charge on any atom is -0.464 e. The van der Waals surface area contributed by atoms with Gasteiger partial charge < -0.3 is 33.5 Å². The maximum absolute atomic E-state index is 11.2. The van der Waals surface area contributed by atoms with Gasteiger partial charge in [0.05, 0.1) is 72.7 Å². The number of hydrogen-bond donors (Lipinski definition) is 1. The average molecular weight is 352 g/mol. The molecule has 0 unspecified atom stereocenters. The van der Waals surface area contributed by atoms with E-state index >= 15 is 0 Å². The summed E-state index contributed by atoms with van der Waals surface area (Å²) < 4.78 is 31.0. The van der Waals surface area contributed by atoms with Gasteiger partial charge in [0.2, 0.25) is 0 Å². The van der Waals surface area contributed by atoms with Crippen LogP contribution in [0.5, 0.6) is 0 Å². The van der Waals surface area contributed by atoms with E-state index in [1.807, 2.05) is 6.92 Å². The van der Waals surface area contributed by atoms with Gasteiger partial charge in [0, 0.05) is 0 Å². The predicted molar refractivity (Wildman–Crippen MR) is 87.0 cm³/mol. The topological polar surface area (TPSA) is 92.7 Å². The van der Waals surface area contributed by atoms with Gasteiger partial charge >= 0.3 is 5.97 Å². The van der Waals surface area contributed by atoms with Crippen molar-refractivity contribution in [2.24, 2.45) is 0 Å². The van der Waals surface area contributed by atoms with E-state index in [4.69, 9.17) is 33.5 Å². The number of carbonyl (C=O) groups excluding carboxylic acids is 1. The van der Waals surface area contributed by atoms with Gasteiger partial charge in [0.15, 0.2) is 0 Å². The molecule has 0 bridgehead atoms. The Hall–Kier alpha value is -0.770. The first-order valence-corrected chi connectivity index (χ1v) is 8.46. The van der Waals surface area contributed by atoms with Crippen molar-refractivity contribution in [1.29, 1.82) is 0 Å². The molecular formula is C16H32O8. The van der Waals surface area contributed by atoms with Gasteiger partial charge in [0.1, 0.15) is 6.61 Å². The summed E-state index contributed by atoms with van der Waals surface area (Å²) >= 11 is 0. The van der Waals surface area contributed by atoms with Crippen molar-refractivity contribution in [1.82, 2.24) is 0 Å². The number of carbonyl (C=O) groups is 1. The van der Waals surface area contributed by atoms with Crippen molar-refractivity contribution < 1.29 is 38.3 Å². The Morgan fingerprint density at radius 3 is 1.62 bits per heavy atom. The van der Waals surface area contributed by atoms with Gasteiger partial charge in [-0.05, 0) is 6.42 Å². The van der Waals surface area contributed by atoms with Crippen molar-refractivity contribution in [2.75, 3.05) is 79.3 Å². The summed E-state index contributed by atoms with van der Waals surface area (Å²) in [5.41, 5.74) is 0. The Morgan fingerprint density at radius 1 is 0.708 bits per heavy atom. The summed E-state index contributed by atoms with van der Waals surface area (Å²) in [5.74, 6) is -0.339. The Labute approximate surface area is 144 Å². The summed E-state index contributed by atoms with van der Waals surface area (Å²) in [5, 5.41) is 8.50. The summed E-state index contributed by atoms with van der Waals surface area (Å²) in [6.07, 6.45) is 1.87. The second-order valence-electron chi connectivity index (χ2n) is 4.80.